The monoisotopic (exact) mass is 342 g/mol. The van der Waals surface area contributed by atoms with Gasteiger partial charge in [-0.3, -0.25) is 0 Å². The largest absolute Gasteiger partial charge is 0.504 e. The number of aliphatic hydroxyl groups excluding tert-OH is 4. The molecule has 1 aliphatic rings. The summed E-state index contributed by atoms with van der Waals surface area (Å²) in [5, 5.41) is 56.4. The fraction of sp³-hybridized carbons (Fsp3) is 0.400. The van der Waals surface area contributed by atoms with E-state index in [0.29, 0.717) is 5.56 Å². The Bertz CT molecular complexity index is 615. The highest BCUT2D eigenvalue weighted by Gasteiger charge is 2.43. The SMILES string of the molecule is O=C(C=Cc1ccc(O)c(O)c1)OC[C@@H]1O[C@H](O)[C@@H](O)[C@H](O)[C@H]1O. The number of rotatable bonds is 4. The summed E-state index contributed by atoms with van der Waals surface area (Å²) in [6, 6.07) is 3.95. The third-order valence-corrected chi connectivity index (χ3v) is 3.49. The summed E-state index contributed by atoms with van der Waals surface area (Å²) in [5.41, 5.74) is 0.435. The Hall–Kier alpha value is -2.17. The van der Waals surface area contributed by atoms with Gasteiger partial charge in [-0.2, -0.15) is 0 Å². The molecule has 9 nitrogen and oxygen atoms in total. The molecule has 1 aliphatic heterocycles. The van der Waals surface area contributed by atoms with Gasteiger partial charge in [0.05, 0.1) is 0 Å². The number of phenolic OH excluding ortho intramolecular Hbond substituents is 2. The average Bonchev–Trinajstić information content (AvgIpc) is 2.56. The second-order valence-electron chi connectivity index (χ2n) is 5.25. The zero-order chi connectivity index (χ0) is 17.9. The van der Waals surface area contributed by atoms with Gasteiger partial charge in [0.15, 0.2) is 17.8 Å². The summed E-state index contributed by atoms with van der Waals surface area (Å²) in [4.78, 5) is 11.6. The van der Waals surface area contributed by atoms with Crippen LogP contribution in [0.4, 0.5) is 0 Å². The van der Waals surface area contributed by atoms with Crippen LogP contribution in [0.25, 0.3) is 6.08 Å². The average molecular weight is 342 g/mol. The highest BCUT2D eigenvalue weighted by Crippen LogP contribution is 2.25. The fourth-order valence-electron chi connectivity index (χ4n) is 2.09. The van der Waals surface area contributed by atoms with Crippen LogP contribution in [-0.4, -0.2) is 73.9 Å². The number of aliphatic hydroxyl groups is 4. The number of hydrogen-bond acceptors (Lipinski definition) is 9. The van der Waals surface area contributed by atoms with Crippen LogP contribution in [0, 0.1) is 0 Å². The van der Waals surface area contributed by atoms with Crippen molar-refractivity contribution in [3.8, 4) is 11.5 Å². The molecular formula is C15H18O9. The summed E-state index contributed by atoms with van der Waals surface area (Å²) in [6.07, 6.45) is -5.36. The number of hydrogen-bond donors (Lipinski definition) is 6. The zero-order valence-electron chi connectivity index (χ0n) is 12.4. The van der Waals surface area contributed by atoms with E-state index in [0.717, 1.165) is 6.08 Å². The Morgan fingerprint density at radius 1 is 1.08 bits per heavy atom. The third kappa shape index (κ3) is 4.22. The van der Waals surface area contributed by atoms with Crippen molar-refractivity contribution in [2.75, 3.05) is 6.61 Å². The molecular weight excluding hydrogens is 324 g/mol. The van der Waals surface area contributed by atoms with Crippen LogP contribution in [0.15, 0.2) is 24.3 Å². The van der Waals surface area contributed by atoms with Gasteiger partial charge in [0.2, 0.25) is 0 Å². The van der Waals surface area contributed by atoms with Gasteiger partial charge >= 0.3 is 5.97 Å². The highest BCUT2D eigenvalue weighted by atomic mass is 16.6. The molecule has 0 spiro atoms. The number of carbonyl (C=O) groups excluding carboxylic acids is 1. The zero-order valence-corrected chi connectivity index (χ0v) is 12.4. The lowest BCUT2D eigenvalue weighted by molar-refractivity contribution is -0.287. The minimum atomic E-state index is -1.71. The van der Waals surface area contributed by atoms with Gasteiger partial charge in [0.25, 0.3) is 0 Å². The van der Waals surface area contributed by atoms with Gasteiger partial charge in [-0.05, 0) is 23.8 Å². The molecule has 1 heterocycles. The molecule has 0 bridgehead atoms. The van der Waals surface area contributed by atoms with Crippen molar-refractivity contribution >= 4 is 12.0 Å². The van der Waals surface area contributed by atoms with Crippen molar-refractivity contribution in [2.24, 2.45) is 0 Å². The molecule has 132 valence electrons. The molecule has 5 atom stereocenters. The molecule has 1 aromatic carbocycles. The predicted molar refractivity (Wildman–Crippen MR) is 78.7 cm³/mol. The maximum absolute atomic E-state index is 11.6. The lowest BCUT2D eigenvalue weighted by Gasteiger charge is -2.37. The van der Waals surface area contributed by atoms with E-state index in [1.165, 1.54) is 24.3 Å². The number of carbonyl (C=O) groups is 1. The maximum atomic E-state index is 11.6. The quantitative estimate of drug-likeness (QED) is 0.217. The molecule has 2 rings (SSSR count). The van der Waals surface area contributed by atoms with Crippen molar-refractivity contribution in [1.29, 1.82) is 0 Å². The number of ether oxygens (including phenoxy) is 2. The summed E-state index contributed by atoms with van der Waals surface area (Å²) in [5.74, 6) is -1.43. The minimum Gasteiger partial charge on any atom is -0.504 e. The van der Waals surface area contributed by atoms with Crippen LogP contribution < -0.4 is 0 Å². The highest BCUT2D eigenvalue weighted by molar-refractivity contribution is 5.87. The molecule has 0 aromatic heterocycles. The van der Waals surface area contributed by atoms with E-state index in [2.05, 4.69) is 0 Å². The lowest BCUT2D eigenvalue weighted by Crippen LogP contribution is -2.58. The molecule has 0 unspecified atom stereocenters. The van der Waals surface area contributed by atoms with E-state index < -0.39 is 43.3 Å². The molecule has 1 fully saturated rings. The predicted octanol–water partition coefficient (Wildman–Crippen LogP) is -1.55. The number of aromatic hydroxyl groups is 2. The van der Waals surface area contributed by atoms with Crippen molar-refractivity contribution < 1.29 is 44.9 Å². The number of phenols is 2. The second-order valence-corrected chi connectivity index (χ2v) is 5.25. The Labute approximate surface area is 136 Å². The molecule has 9 heteroatoms. The molecule has 1 saturated heterocycles. The maximum Gasteiger partial charge on any atom is 0.330 e. The Morgan fingerprint density at radius 3 is 2.46 bits per heavy atom. The molecule has 0 radical (unpaired) electrons. The first-order valence-corrected chi connectivity index (χ1v) is 7.04. The molecule has 0 aliphatic carbocycles. The first-order valence-electron chi connectivity index (χ1n) is 7.04. The standard InChI is InChI=1S/C15H18O9/c16-8-3-1-7(5-9(8)17)2-4-11(18)23-6-10-12(19)13(20)14(21)15(22)24-10/h1-5,10,12-17,19-22H,6H2/t10-,12-,13+,14-,15-/m0/s1. The van der Waals surface area contributed by atoms with Crippen LogP contribution in [0.3, 0.4) is 0 Å². The summed E-state index contributed by atoms with van der Waals surface area (Å²) in [6.45, 7) is -0.452. The van der Waals surface area contributed by atoms with E-state index in [4.69, 9.17) is 9.47 Å². The second kappa shape index (κ2) is 7.60. The number of benzene rings is 1. The topological polar surface area (TPSA) is 157 Å². The third-order valence-electron chi connectivity index (χ3n) is 3.49. The van der Waals surface area contributed by atoms with Crippen molar-refractivity contribution in [2.45, 2.75) is 30.7 Å². The summed E-state index contributed by atoms with van der Waals surface area (Å²) < 4.78 is 9.69. The van der Waals surface area contributed by atoms with Gasteiger partial charge in [-0.1, -0.05) is 6.07 Å². The Morgan fingerprint density at radius 2 is 1.79 bits per heavy atom. The van der Waals surface area contributed by atoms with Gasteiger partial charge in [0.1, 0.15) is 31.0 Å². The van der Waals surface area contributed by atoms with Gasteiger partial charge in [-0.25, -0.2) is 4.79 Å². The first-order chi connectivity index (χ1) is 11.3. The van der Waals surface area contributed by atoms with E-state index >= 15 is 0 Å². The van der Waals surface area contributed by atoms with Crippen LogP contribution in [-0.2, 0) is 14.3 Å². The molecule has 0 amide bonds. The lowest BCUT2D eigenvalue weighted by atomic mass is 9.99. The van der Waals surface area contributed by atoms with Gasteiger partial charge < -0.3 is 40.1 Å². The van der Waals surface area contributed by atoms with Crippen molar-refractivity contribution in [3.63, 3.8) is 0 Å². The summed E-state index contributed by atoms with van der Waals surface area (Å²) in [7, 11) is 0. The van der Waals surface area contributed by atoms with Crippen LogP contribution >= 0.6 is 0 Å². The van der Waals surface area contributed by atoms with Gasteiger partial charge in [0, 0.05) is 6.08 Å². The Kier molecular flexibility index (Phi) is 5.75. The molecule has 1 aromatic rings. The van der Waals surface area contributed by atoms with E-state index in [-0.39, 0.29) is 11.5 Å². The molecule has 24 heavy (non-hydrogen) atoms. The minimum absolute atomic E-state index is 0.294. The van der Waals surface area contributed by atoms with Crippen molar-refractivity contribution in [3.05, 3.63) is 29.8 Å². The summed E-state index contributed by atoms with van der Waals surface area (Å²) >= 11 is 0. The molecule has 0 saturated carbocycles. The van der Waals surface area contributed by atoms with E-state index in [1.54, 1.807) is 0 Å². The van der Waals surface area contributed by atoms with E-state index in [9.17, 15) is 35.4 Å². The Balaban J connectivity index is 1.88. The van der Waals surface area contributed by atoms with Crippen LogP contribution in [0.5, 0.6) is 11.5 Å². The smallest absolute Gasteiger partial charge is 0.330 e. The van der Waals surface area contributed by atoms with E-state index in [1.807, 2.05) is 0 Å². The normalized spacial score (nSPS) is 30.4. The first kappa shape index (κ1) is 18.2. The molecule has 6 N–H and O–H groups in total. The van der Waals surface area contributed by atoms with Crippen molar-refractivity contribution in [1.82, 2.24) is 0 Å². The van der Waals surface area contributed by atoms with Gasteiger partial charge in [-0.15, -0.1) is 0 Å². The van der Waals surface area contributed by atoms with Crippen LogP contribution in [0.1, 0.15) is 5.56 Å². The number of esters is 1. The fourth-order valence-corrected chi connectivity index (χ4v) is 2.09. The van der Waals surface area contributed by atoms with Crippen LogP contribution in [0.2, 0.25) is 0 Å².